The zero-order chi connectivity index (χ0) is 14.5. The molecule has 0 aliphatic carbocycles. The average Bonchev–Trinajstić information content (AvgIpc) is 2.46. The van der Waals surface area contributed by atoms with E-state index in [9.17, 15) is 0 Å². The van der Waals surface area contributed by atoms with Gasteiger partial charge in [0.05, 0.1) is 0 Å². The molecule has 0 atom stereocenters. The maximum Gasteiger partial charge on any atom is 0.178 e. The number of hydrogen-bond donors (Lipinski definition) is 1. The van der Waals surface area contributed by atoms with E-state index >= 15 is 0 Å². The first-order valence-electron chi connectivity index (χ1n) is 8.40. The molecule has 0 saturated heterocycles. The van der Waals surface area contributed by atoms with Crippen molar-refractivity contribution in [2.75, 3.05) is 6.61 Å². The SMILES string of the molecule is Cc1cccc[n+]1CCCCCCCCCCCCO.[Br-]. The molecule has 0 aliphatic heterocycles. The first-order valence-corrected chi connectivity index (χ1v) is 8.40. The quantitative estimate of drug-likeness (QED) is 0.440. The molecule has 0 spiro atoms. The molecule has 21 heavy (non-hydrogen) atoms. The van der Waals surface area contributed by atoms with Crippen molar-refractivity contribution < 1.29 is 26.7 Å². The Morgan fingerprint density at radius 1 is 0.810 bits per heavy atom. The van der Waals surface area contributed by atoms with E-state index in [1.54, 1.807) is 0 Å². The second-order valence-electron chi connectivity index (χ2n) is 5.79. The van der Waals surface area contributed by atoms with Gasteiger partial charge >= 0.3 is 0 Å². The Bertz CT molecular complexity index is 344. The highest BCUT2D eigenvalue weighted by Crippen LogP contribution is 2.10. The summed E-state index contributed by atoms with van der Waals surface area (Å²) in [4.78, 5) is 0. The minimum atomic E-state index is 0. The maximum atomic E-state index is 8.69. The lowest BCUT2D eigenvalue weighted by atomic mass is 10.1. The molecule has 0 aliphatic rings. The van der Waals surface area contributed by atoms with Crippen LogP contribution < -0.4 is 21.5 Å². The smallest absolute Gasteiger partial charge is 0.178 e. The molecule has 2 nitrogen and oxygen atoms in total. The minimum absolute atomic E-state index is 0. The van der Waals surface area contributed by atoms with Crippen LogP contribution in [0.4, 0.5) is 0 Å². The number of aryl methyl sites for hydroxylation is 2. The van der Waals surface area contributed by atoms with E-state index in [0.29, 0.717) is 6.61 Å². The first kappa shape index (κ1) is 20.6. The molecular weight excluding hydrogens is 326 g/mol. The van der Waals surface area contributed by atoms with Gasteiger partial charge in [0, 0.05) is 32.1 Å². The first-order chi connectivity index (χ1) is 9.84. The number of aliphatic hydroxyl groups is 1. The summed E-state index contributed by atoms with van der Waals surface area (Å²) in [5.41, 5.74) is 1.36. The molecular formula is C18H32BrNO. The van der Waals surface area contributed by atoms with Crippen LogP contribution in [0.5, 0.6) is 0 Å². The van der Waals surface area contributed by atoms with E-state index < -0.39 is 0 Å². The fourth-order valence-electron chi connectivity index (χ4n) is 2.62. The molecule has 1 aromatic rings. The lowest BCUT2D eigenvalue weighted by Crippen LogP contribution is -3.00. The van der Waals surface area contributed by atoms with Gasteiger partial charge in [-0.05, 0) is 12.8 Å². The largest absolute Gasteiger partial charge is 1.00 e. The predicted molar refractivity (Wildman–Crippen MR) is 84.6 cm³/mol. The van der Waals surface area contributed by atoms with Crippen molar-refractivity contribution in [3.05, 3.63) is 30.1 Å². The van der Waals surface area contributed by atoms with Gasteiger partial charge in [-0.15, -0.1) is 0 Å². The van der Waals surface area contributed by atoms with E-state index in [1.165, 1.54) is 63.5 Å². The van der Waals surface area contributed by atoms with Crippen LogP contribution in [0.25, 0.3) is 0 Å². The summed E-state index contributed by atoms with van der Waals surface area (Å²) < 4.78 is 2.35. The highest BCUT2D eigenvalue weighted by molar-refractivity contribution is 4.93. The third-order valence-corrected chi connectivity index (χ3v) is 3.97. The number of aliphatic hydroxyl groups excluding tert-OH is 1. The summed E-state index contributed by atoms with van der Waals surface area (Å²) in [7, 11) is 0. The van der Waals surface area contributed by atoms with Crippen LogP contribution in [-0.2, 0) is 6.54 Å². The van der Waals surface area contributed by atoms with Crippen LogP contribution in [-0.4, -0.2) is 11.7 Å². The highest BCUT2D eigenvalue weighted by Gasteiger charge is 2.02. The second-order valence-corrected chi connectivity index (χ2v) is 5.79. The highest BCUT2D eigenvalue weighted by atomic mass is 79.9. The van der Waals surface area contributed by atoms with Crippen LogP contribution in [0, 0.1) is 6.92 Å². The number of unbranched alkanes of at least 4 members (excludes halogenated alkanes) is 9. The molecule has 0 bridgehead atoms. The molecule has 1 heterocycles. The summed E-state index contributed by atoms with van der Waals surface area (Å²) in [5, 5.41) is 8.69. The Balaban J connectivity index is 0.00000400. The molecule has 122 valence electrons. The van der Waals surface area contributed by atoms with Crippen LogP contribution >= 0.6 is 0 Å². The Hall–Kier alpha value is -0.410. The Morgan fingerprint density at radius 2 is 1.33 bits per heavy atom. The number of hydrogen-bond acceptors (Lipinski definition) is 1. The summed E-state index contributed by atoms with van der Waals surface area (Å²) in [5.74, 6) is 0. The van der Waals surface area contributed by atoms with Crippen LogP contribution in [0.15, 0.2) is 24.4 Å². The van der Waals surface area contributed by atoms with Gasteiger partial charge < -0.3 is 22.1 Å². The molecule has 0 unspecified atom stereocenters. The van der Waals surface area contributed by atoms with Gasteiger partial charge in [0.1, 0.15) is 6.54 Å². The van der Waals surface area contributed by atoms with Crippen molar-refractivity contribution in [3.63, 3.8) is 0 Å². The number of aromatic nitrogens is 1. The van der Waals surface area contributed by atoms with E-state index in [2.05, 4.69) is 35.9 Å². The Labute approximate surface area is 141 Å². The maximum absolute atomic E-state index is 8.69. The number of halogens is 1. The van der Waals surface area contributed by atoms with Gasteiger partial charge in [-0.3, -0.25) is 0 Å². The number of rotatable bonds is 12. The Morgan fingerprint density at radius 3 is 1.86 bits per heavy atom. The van der Waals surface area contributed by atoms with E-state index in [1.807, 2.05) is 0 Å². The molecule has 0 radical (unpaired) electrons. The van der Waals surface area contributed by atoms with Crippen molar-refractivity contribution in [3.8, 4) is 0 Å². The van der Waals surface area contributed by atoms with Gasteiger partial charge in [0.15, 0.2) is 11.9 Å². The minimum Gasteiger partial charge on any atom is -1.00 e. The fraction of sp³-hybridized carbons (Fsp3) is 0.722. The topological polar surface area (TPSA) is 24.1 Å². The third-order valence-electron chi connectivity index (χ3n) is 3.97. The van der Waals surface area contributed by atoms with Crippen molar-refractivity contribution in [2.24, 2.45) is 0 Å². The average molecular weight is 358 g/mol. The van der Waals surface area contributed by atoms with Gasteiger partial charge in [-0.2, -0.15) is 0 Å². The molecule has 0 amide bonds. The third kappa shape index (κ3) is 10.9. The normalized spacial score (nSPS) is 10.4. The summed E-state index contributed by atoms with van der Waals surface area (Å²) >= 11 is 0. The lowest BCUT2D eigenvalue weighted by molar-refractivity contribution is -0.703. The van der Waals surface area contributed by atoms with Crippen LogP contribution in [0.2, 0.25) is 0 Å². The lowest BCUT2D eigenvalue weighted by Gasteiger charge is -2.02. The van der Waals surface area contributed by atoms with E-state index in [-0.39, 0.29) is 17.0 Å². The molecule has 0 fully saturated rings. The molecule has 1 N–H and O–H groups in total. The number of pyridine rings is 1. The van der Waals surface area contributed by atoms with E-state index in [4.69, 9.17) is 5.11 Å². The summed E-state index contributed by atoms with van der Waals surface area (Å²) in [6.07, 6.45) is 15.2. The van der Waals surface area contributed by atoms with E-state index in [0.717, 1.165) is 13.0 Å². The predicted octanol–water partition coefficient (Wildman–Crippen LogP) is 1.18. The Kier molecular flexibility index (Phi) is 14.2. The van der Waals surface area contributed by atoms with Crippen molar-refractivity contribution in [1.82, 2.24) is 0 Å². The van der Waals surface area contributed by atoms with Gasteiger partial charge in [-0.25, -0.2) is 4.57 Å². The number of nitrogens with zero attached hydrogens (tertiary/aromatic N) is 1. The fourth-order valence-corrected chi connectivity index (χ4v) is 2.62. The molecule has 1 rings (SSSR count). The van der Waals surface area contributed by atoms with Crippen LogP contribution in [0.1, 0.15) is 69.9 Å². The van der Waals surface area contributed by atoms with Crippen molar-refractivity contribution in [2.45, 2.75) is 77.7 Å². The zero-order valence-electron chi connectivity index (χ0n) is 13.6. The van der Waals surface area contributed by atoms with Crippen LogP contribution in [0.3, 0.4) is 0 Å². The van der Waals surface area contributed by atoms with Gasteiger partial charge in [0.25, 0.3) is 0 Å². The molecule has 3 heteroatoms. The second kappa shape index (κ2) is 14.5. The van der Waals surface area contributed by atoms with Crippen molar-refractivity contribution >= 4 is 0 Å². The zero-order valence-corrected chi connectivity index (χ0v) is 15.2. The molecule has 0 aromatic carbocycles. The van der Waals surface area contributed by atoms with Crippen molar-refractivity contribution in [1.29, 1.82) is 0 Å². The van der Waals surface area contributed by atoms with Gasteiger partial charge in [-0.1, -0.05) is 51.0 Å². The monoisotopic (exact) mass is 357 g/mol. The molecule has 0 saturated carbocycles. The summed E-state index contributed by atoms with van der Waals surface area (Å²) in [6, 6.07) is 6.40. The summed E-state index contributed by atoms with van der Waals surface area (Å²) in [6.45, 7) is 3.70. The van der Waals surface area contributed by atoms with Gasteiger partial charge in [0.2, 0.25) is 0 Å². The molecule has 1 aromatic heterocycles. The standard InChI is InChI=1S/C18H32NO.BrH/c1-18-14-10-12-16-19(18)15-11-8-6-4-2-3-5-7-9-13-17-20;/h10,12,14,16,20H,2-9,11,13,15,17H2,1H3;1H/q+1;/p-1.